The van der Waals surface area contributed by atoms with Crippen LogP contribution < -0.4 is 10.5 Å². The van der Waals surface area contributed by atoms with Crippen molar-refractivity contribution < 1.29 is 9.53 Å². The number of ketones is 1. The topological polar surface area (TPSA) is 65.2 Å². The Labute approximate surface area is 102 Å². The van der Waals surface area contributed by atoms with Crippen molar-refractivity contribution in [3.8, 4) is 5.75 Å². The number of Topliss-reactive ketones (excluding diaryl/α,β-unsaturated/α-hetero) is 1. The molecule has 0 amide bonds. The summed E-state index contributed by atoms with van der Waals surface area (Å²) in [4.78, 5) is 15.8. The highest BCUT2D eigenvalue weighted by Gasteiger charge is 2.09. The monoisotopic (exact) mass is 236 g/mol. The Morgan fingerprint density at radius 1 is 1.41 bits per heavy atom. The fraction of sp³-hybridized carbons (Fsp3) is 0.538. The van der Waals surface area contributed by atoms with Gasteiger partial charge in [0.1, 0.15) is 5.75 Å². The molecule has 0 fully saturated rings. The number of nitrogens with two attached hydrogens (primary N) is 1. The molecule has 1 aromatic heterocycles. The van der Waals surface area contributed by atoms with E-state index in [0.29, 0.717) is 24.2 Å². The van der Waals surface area contributed by atoms with Gasteiger partial charge in [0.25, 0.3) is 0 Å². The highest BCUT2D eigenvalue weighted by Crippen LogP contribution is 2.15. The molecule has 4 nitrogen and oxygen atoms in total. The molecule has 0 aromatic carbocycles. The van der Waals surface area contributed by atoms with E-state index in [9.17, 15) is 4.79 Å². The lowest BCUT2D eigenvalue weighted by atomic mass is 10.1. The van der Waals surface area contributed by atoms with E-state index in [2.05, 4.69) is 4.98 Å². The number of aromatic nitrogens is 1. The zero-order valence-electron chi connectivity index (χ0n) is 10.6. The van der Waals surface area contributed by atoms with Crippen molar-refractivity contribution in [1.29, 1.82) is 0 Å². The third-order valence-electron chi connectivity index (χ3n) is 2.23. The van der Waals surface area contributed by atoms with E-state index in [-0.39, 0.29) is 17.9 Å². The highest BCUT2D eigenvalue weighted by atomic mass is 16.5. The molecule has 0 saturated carbocycles. The molecule has 1 heterocycles. The summed E-state index contributed by atoms with van der Waals surface area (Å²) < 4.78 is 5.49. The normalized spacial score (nSPS) is 12.5. The van der Waals surface area contributed by atoms with Gasteiger partial charge in [0.05, 0.1) is 12.3 Å². The second-order valence-corrected chi connectivity index (χ2v) is 4.52. The van der Waals surface area contributed by atoms with Gasteiger partial charge in [0.15, 0.2) is 5.78 Å². The quantitative estimate of drug-likeness (QED) is 0.769. The molecule has 0 aliphatic carbocycles. The Bertz CT molecular complexity index is 375. The van der Waals surface area contributed by atoms with Crippen LogP contribution in [0, 0.1) is 0 Å². The van der Waals surface area contributed by atoms with Gasteiger partial charge < -0.3 is 10.5 Å². The van der Waals surface area contributed by atoms with Crippen LogP contribution in [0.2, 0.25) is 0 Å². The Morgan fingerprint density at radius 3 is 2.71 bits per heavy atom. The maximum atomic E-state index is 11.8. The van der Waals surface area contributed by atoms with Gasteiger partial charge in [-0.3, -0.25) is 9.78 Å². The molecule has 0 radical (unpaired) electrons. The Balaban J connectivity index is 2.67. The fourth-order valence-corrected chi connectivity index (χ4v) is 1.41. The summed E-state index contributed by atoms with van der Waals surface area (Å²) in [5.74, 6) is 0.690. The fourth-order valence-electron chi connectivity index (χ4n) is 1.41. The molecule has 0 aliphatic rings. The predicted octanol–water partition coefficient (Wildman–Crippen LogP) is 2.18. The average Bonchev–Trinajstić information content (AvgIpc) is 2.25. The first-order valence-electron chi connectivity index (χ1n) is 5.89. The number of carbonyl (C=O) groups is 1. The van der Waals surface area contributed by atoms with Gasteiger partial charge >= 0.3 is 0 Å². The zero-order valence-corrected chi connectivity index (χ0v) is 10.6. The first kappa shape index (κ1) is 13.6. The maximum absolute atomic E-state index is 11.8. The van der Waals surface area contributed by atoms with Gasteiger partial charge in [-0.05, 0) is 33.3 Å². The van der Waals surface area contributed by atoms with Crippen LogP contribution in [0.25, 0.3) is 0 Å². The SMILES string of the molecule is CC(N)CCC(=O)c1cncc(OC(C)C)c1. The smallest absolute Gasteiger partial charge is 0.164 e. The summed E-state index contributed by atoms with van der Waals surface area (Å²) in [5.41, 5.74) is 6.21. The summed E-state index contributed by atoms with van der Waals surface area (Å²) in [7, 11) is 0. The predicted molar refractivity (Wildman–Crippen MR) is 67.2 cm³/mol. The first-order chi connectivity index (χ1) is 7.99. The number of hydrogen-bond acceptors (Lipinski definition) is 4. The Morgan fingerprint density at radius 2 is 2.12 bits per heavy atom. The number of hydrogen-bond donors (Lipinski definition) is 1. The molecular formula is C13H20N2O2. The summed E-state index contributed by atoms with van der Waals surface area (Å²) in [5, 5.41) is 0. The summed E-state index contributed by atoms with van der Waals surface area (Å²) in [6.45, 7) is 5.76. The van der Waals surface area contributed by atoms with E-state index in [0.717, 1.165) is 0 Å². The van der Waals surface area contributed by atoms with Gasteiger partial charge in [-0.15, -0.1) is 0 Å². The molecule has 1 aromatic rings. The van der Waals surface area contributed by atoms with Crippen molar-refractivity contribution in [2.45, 2.75) is 45.8 Å². The van der Waals surface area contributed by atoms with E-state index in [1.165, 1.54) is 0 Å². The maximum Gasteiger partial charge on any atom is 0.164 e. The third-order valence-corrected chi connectivity index (χ3v) is 2.23. The van der Waals surface area contributed by atoms with Crippen LogP contribution in [0.5, 0.6) is 5.75 Å². The van der Waals surface area contributed by atoms with Crippen molar-refractivity contribution in [1.82, 2.24) is 4.98 Å². The molecule has 4 heteroatoms. The number of ether oxygens (including phenoxy) is 1. The minimum Gasteiger partial charge on any atom is -0.489 e. The lowest BCUT2D eigenvalue weighted by Crippen LogP contribution is -2.16. The molecule has 1 unspecified atom stereocenters. The van der Waals surface area contributed by atoms with Crippen molar-refractivity contribution in [2.24, 2.45) is 5.73 Å². The van der Waals surface area contributed by atoms with Gasteiger partial charge in [0.2, 0.25) is 0 Å². The van der Waals surface area contributed by atoms with Crippen molar-refractivity contribution in [3.63, 3.8) is 0 Å². The molecule has 0 aliphatic heterocycles. The molecule has 1 rings (SSSR count). The largest absolute Gasteiger partial charge is 0.489 e. The van der Waals surface area contributed by atoms with Gasteiger partial charge in [-0.25, -0.2) is 0 Å². The van der Waals surface area contributed by atoms with E-state index >= 15 is 0 Å². The number of carbonyl (C=O) groups excluding carboxylic acids is 1. The van der Waals surface area contributed by atoms with Crippen LogP contribution in [-0.2, 0) is 0 Å². The Hall–Kier alpha value is -1.42. The van der Waals surface area contributed by atoms with E-state index in [4.69, 9.17) is 10.5 Å². The van der Waals surface area contributed by atoms with Crippen LogP contribution in [0.4, 0.5) is 0 Å². The Kier molecular flexibility index (Phi) is 5.10. The van der Waals surface area contributed by atoms with E-state index in [1.54, 1.807) is 18.5 Å². The summed E-state index contributed by atoms with van der Waals surface area (Å²) in [6, 6.07) is 1.78. The van der Waals surface area contributed by atoms with Crippen LogP contribution in [0.3, 0.4) is 0 Å². The summed E-state index contributed by atoms with van der Waals surface area (Å²) in [6.07, 6.45) is 4.39. The second kappa shape index (κ2) is 6.35. The van der Waals surface area contributed by atoms with Crippen LogP contribution >= 0.6 is 0 Å². The van der Waals surface area contributed by atoms with E-state index < -0.39 is 0 Å². The lowest BCUT2D eigenvalue weighted by Gasteiger charge is -2.10. The molecule has 0 bridgehead atoms. The van der Waals surface area contributed by atoms with Gasteiger partial charge in [0, 0.05) is 24.2 Å². The molecule has 17 heavy (non-hydrogen) atoms. The van der Waals surface area contributed by atoms with Crippen molar-refractivity contribution >= 4 is 5.78 Å². The molecule has 94 valence electrons. The zero-order chi connectivity index (χ0) is 12.8. The number of nitrogens with zero attached hydrogens (tertiary/aromatic N) is 1. The first-order valence-corrected chi connectivity index (χ1v) is 5.89. The van der Waals surface area contributed by atoms with Crippen molar-refractivity contribution in [3.05, 3.63) is 24.0 Å². The number of pyridine rings is 1. The lowest BCUT2D eigenvalue weighted by molar-refractivity contribution is 0.0977. The molecule has 2 N–H and O–H groups in total. The number of rotatable bonds is 6. The molecular weight excluding hydrogens is 216 g/mol. The second-order valence-electron chi connectivity index (χ2n) is 4.52. The third kappa shape index (κ3) is 4.95. The molecule has 0 saturated heterocycles. The van der Waals surface area contributed by atoms with Crippen LogP contribution in [0.15, 0.2) is 18.5 Å². The van der Waals surface area contributed by atoms with Crippen molar-refractivity contribution in [2.75, 3.05) is 0 Å². The standard InChI is InChI=1S/C13H20N2O2/c1-9(2)17-12-6-11(7-15-8-12)13(16)5-4-10(3)14/h6-10H,4-5,14H2,1-3H3. The van der Waals surface area contributed by atoms with Gasteiger partial charge in [-0.1, -0.05) is 0 Å². The molecule has 0 spiro atoms. The van der Waals surface area contributed by atoms with Crippen LogP contribution in [-0.4, -0.2) is 22.9 Å². The van der Waals surface area contributed by atoms with Gasteiger partial charge in [-0.2, -0.15) is 0 Å². The molecule has 1 atom stereocenters. The van der Waals surface area contributed by atoms with Crippen LogP contribution in [0.1, 0.15) is 44.0 Å². The highest BCUT2D eigenvalue weighted by molar-refractivity contribution is 5.96. The minimum absolute atomic E-state index is 0.0435. The van der Waals surface area contributed by atoms with E-state index in [1.807, 2.05) is 20.8 Å². The summed E-state index contributed by atoms with van der Waals surface area (Å²) >= 11 is 0. The minimum atomic E-state index is 0.0435. The average molecular weight is 236 g/mol.